The number of rotatable bonds is 3. The van der Waals surface area contributed by atoms with Gasteiger partial charge in [-0.05, 0) is 24.5 Å². The highest BCUT2D eigenvalue weighted by Crippen LogP contribution is 2.30. The van der Waals surface area contributed by atoms with Crippen molar-refractivity contribution in [2.24, 2.45) is 5.92 Å². The first-order chi connectivity index (χ1) is 11.0. The van der Waals surface area contributed by atoms with Crippen LogP contribution in [-0.4, -0.2) is 21.1 Å². The molecular weight excluding hydrogens is 307 g/mol. The molecule has 120 valence electrons. The Morgan fingerprint density at radius 1 is 1.43 bits per heavy atom. The Bertz CT molecular complexity index is 744. The fourth-order valence-corrected chi connectivity index (χ4v) is 2.70. The zero-order valence-corrected chi connectivity index (χ0v) is 12.1. The summed E-state index contributed by atoms with van der Waals surface area (Å²) in [6.45, 7) is 1.02. The van der Waals surface area contributed by atoms with Crippen LogP contribution >= 0.6 is 0 Å². The van der Waals surface area contributed by atoms with Crippen molar-refractivity contribution in [2.45, 2.75) is 25.6 Å². The zero-order chi connectivity index (χ0) is 16.4. The van der Waals surface area contributed by atoms with Crippen LogP contribution in [0.5, 0.6) is 0 Å². The van der Waals surface area contributed by atoms with Gasteiger partial charge in [0.05, 0.1) is 5.56 Å². The standard InChI is InChI=1S/C15H14F3N5/c16-15(17,18)12-9-23-8-10(3-4-13(23)22-12)7-21-14-11(6-19)2-1-5-20-14/h1-2,5,9-10H,3-4,7-8H2,(H,20,21). The fourth-order valence-electron chi connectivity index (χ4n) is 2.70. The number of anilines is 1. The Balaban J connectivity index is 1.66. The second-order valence-corrected chi connectivity index (χ2v) is 5.49. The average molecular weight is 321 g/mol. The molecular formula is C15H14F3N5. The summed E-state index contributed by atoms with van der Waals surface area (Å²) in [6.07, 6.45) is -0.490. The molecule has 0 aliphatic carbocycles. The van der Waals surface area contributed by atoms with Gasteiger partial charge in [-0.1, -0.05) is 0 Å². The maximum Gasteiger partial charge on any atom is 0.434 e. The van der Waals surface area contributed by atoms with Gasteiger partial charge in [0.25, 0.3) is 0 Å². The first kappa shape index (κ1) is 15.3. The Morgan fingerprint density at radius 2 is 2.26 bits per heavy atom. The van der Waals surface area contributed by atoms with E-state index in [1.54, 1.807) is 22.9 Å². The molecule has 1 atom stereocenters. The summed E-state index contributed by atoms with van der Waals surface area (Å²) in [6, 6.07) is 5.40. The van der Waals surface area contributed by atoms with Crippen molar-refractivity contribution < 1.29 is 13.2 Å². The van der Waals surface area contributed by atoms with Crippen LogP contribution in [0.15, 0.2) is 24.5 Å². The first-order valence-corrected chi connectivity index (χ1v) is 7.19. The number of hydrogen-bond acceptors (Lipinski definition) is 4. The molecule has 0 saturated heterocycles. The van der Waals surface area contributed by atoms with Gasteiger partial charge < -0.3 is 9.88 Å². The SMILES string of the molecule is N#Cc1cccnc1NCC1CCc2nc(C(F)(F)F)cn2C1. The van der Waals surface area contributed by atoms with Crippen molar-refractivity contribution in [3.05, 3.63) is 41.6 Å². The van der Waals surface area contributed by atoms with E-state index < -0.39 is 11.9 Å². The van der Waals surface area contributed by atoms with E-state index in [9.17, 15) is 13.2 Å². The van der Waals surface area contributed by atoms with Crippen LogP contribution in [-0.2, 0) is 19.1 Å². The number of aryl methyl sites for hydroxylation is 1. The normalized spacial score (nSPS) is 17.4. The van der Waals surface area contributed by atoms with Gasteiger partial charge in [-0.25, -0.2) is 9.97 Å². The Kier molecular flexibility index (Phi) is 3.94. The lowest BCUT2D eigenvalue weighted by Crippen LogP contribution is -2.26. The second kappa shape index (κ2) is 5.91. The lowest BCUT2D eigenvalue weighted by atomic mass is 9.99. The molecule has 8 heteroatoms. The van der Waals surface area contributed by atoms with Crippen molar-refractivity contribution in [2.75, 3.05) is 11.9 Å². The summed E-state index contributed by atoms with van der Waals surface area (Å²) < 4.78 is 39.7. The summed E-state index contributed by atoms with van der Waals surface area (Å²) in [7, 11) is 0. The van der Waals surface area contributed by atoms with Crippen molar-refractivity contribution in [1.82, 2.24) is 14.5 Å². The van der Waals surface area contributed by atoms with E-state index in [2.05, 4.69) is 21.4 Å². The number of aromatic nitrogens is 3. The van der Waals surface area contributed by atoms with E-state index in [4.69, 9.17) is 5.26 Å². The van der Waals surface area contributed by atoms with Crippen LogP contribution in [0.1, 0.15) is 23.5 Å². The summed E-state index contributed by atoms with van der Waals surface area (Å²) in [5.41, 5.74) is -0.386. The van der Waals surface area contributed by atoms with Crippen molar-refractivity contribution in [3.63, 3.8) is 0 Å². The number of fused-ring (bicyclic) bond motifs is 1. The highest BCUT2D eigenvalue weighted by atomic mass is 19.4. The topological polar surface area (TPSA) is 66.5 Å². The fraction of sp³-hybridized carbons (Fsp3) is 0.400. The second-order valence-electron chi connectivity index (χ2n) is 5.49. The van der Waals surface area contributed by atoms with Crippen LogP contribution in [0.2, 0.25) is 0 Å². The van der Waals surface area contributed by atoms with Gasteiger partial charge in [0.2, 0.25) is 0 Å². The molecule has 1 aliphatic rings. The molecule has 1 aliphatic heterocycles. The Labute approximate surface area is 130 Å². The van der Waals surface area contributed by atoms with Crippen molar-refractivity contribution in [1.29, 1.82) is 5.26 Å². The predicted octanol–water partition coefficient (Wildman–Crippen LogP) is 2.84. The minimum absolute atomic E-state index is 0.159. The summed E-state index contributed by atoms with van der Waals surface area (Å²) in [5.74, 6) is 1.14. The average Bonchev–Trinajstić information content (AvgIpc) is 2.96. The van der Waals surface area contributed by atoms with Crippen molar-refractivity contribution >= 4 is 5.82 Å². The molecule has 0 aromatic carbocycles. The first-order valence-electron chi connectivity index (χ1n) is 7.19. The Hall–Kier alpha value is -2.56. The minimum Gasteiger partial charge on any atom is -0.369 e. The third kappa shape index (κ3) is 3.28. The molecule has 1 unspecified atom stereocenters. The molecule has 23 heavy (non-hydrogen) atoms. The summed E-state index contributed by atoms with van der Waals surface area (Å²) in [5, 5.41) is 12.1. The maximum atomic E-state index is 12.7. The maximum absolute atomic E-state index is 12.7. The number of halogens is 3. The highest BCUT2D eigenvalue weighted by Gasteiger charge is 2.35. The molecule has 5 nitrogen and oxygen atoms in total. The van der Waals surface area contributed by atoms with E-state index in [0.717, 1.165) is 12.6 Å². The number of nitriles is 1. The number of hydrogen-bond donors (Lipinski definition) is 1. The zero-order valence-electron chi connectivity index (χ0n) is 12.1. The molecule has 0 radical (unpaired) electrons. The van der Waals surface area contributed by atoms with Gasteiger partial charge in [-0.3, -0.25) is 0 Å². The molecule has 3 rings (SSSR count). The largest absolute Gasteiger partial charge is 0.434 e. The lowest BCUT2D eigenvalue weighted by Gasteiger charge is -2.24. The summed E-state index contributed by atoms with van der Waals surface area (Å²) >= 11 is 0. The van der Waals surface area contributed by atoms with Crippen LogP contribution in [0.25, 0.3) is 0 Å². The van der Waals surface area contributed by atoms with E-state index in [1.807, 2.05) is 0 Å². The third-order valence-corrected chi connectivity index (χ3v) is 3.87. The molecule has 2 aromatic rings. The number of nitrogens with zero attached hydrogens (tertiary/aromatic N) is 4. The molecule has 3 heterocycles. The van der Waals surface area contributed by atoms with Gasteiger partial charge in [0.1, 0.15) is 17.7 Å². The van der Waals surface area contributed by atoms with Gasteiger partial charge in [0, 0.05) is 31.9 Å². The van der Waals surface area contributed by atoms with Gasteiger partial charge in [-0.15, -0.1) is 0 Å². The van der Waals surface area contributed by atoms with Gasteiger partial charge in [0.15, 0.2) is 5.69 Å². The van der Waals surface area contributed by atoms with Crippen LogP contribution in [0.3, 0.4) is 0 Å². The lowest BCUT2D eigenvalue weighted by molar-refractivity contribution is -0.141. The van der Waals surface area contributed by atoms with E-state index >= 15 is 0 Å². The van der Waals surface area contributed by atoms with Crippen LogP contribution in [0.4, 0.5) is 19.0 Å². The number of imidazole rings is 1. The number of alkyl halides is 3. The molecule has 0 fully saturated rings. The minimum atomic E-state index is -4.41. The van der Waals surface area contributed by atoms with E-state index in [1.165, 1.54) is 0 Å². The molecule has 0 bridgehead atoms. The van der Waals surface area contributed by atoms with Crippen LogP contribution in [0, 0.1) is 17.2 Å². The van der Waals surface area contributed by atoms with Crippen molar-refractivity contribution in [3.8, 4) is 6.07 Å². The third-order valence-electron chi connectivity index (χ3n) is 3.87. The molecule has 1 N–H and O–H groups in total. The molecule has 0 saturated carbocycles. The highest BCUT2D eigenvalue weighted by molar-refractivity contribution is 5.51. The molecule has 0 amide bonds. The summed E-state index contributed by atoms with van der Waals surface area (Å²) in [4.78, 5) is 7.78. The van der Waals surface area contributed by atoms with Gasteiger partial charge >= 0.3 is 6.18 Å². The quantitative estimate of drug-likeness (QED) is 0.944. The number of pyridine rings is 1. The number of nitrogens with one attached hydrogen (secondary N) is 1. The van der Waals surface area contributed by atoms with E-state index in [-0.39, 0.29) is 5.92 Å². The monoisotopic (exact) mass is 321 g/mol. The Morgan fingerprint density at radius 3 is 3.00 bits per heavy atom. The molecule has 0 spiro atoms. The predicted molar refractivity (Wildman–Crippen MR) is 76.5 cm³/mol. The van der Waals surface area contributed by atoms with E-state index in [0.29, 0.717) is 36.7 Å². The molecule has 2 aromatic heterocycles. The van der Waals surface area contributed by atoms with Gasteiger partial charge in [-0.2, -0.15) is 18.4 Å². The smallest absolute Gasteiger partial charge is 0.369 e. The van der Waals surface area contributed by atoms with Crippen LogP contribution < -0.4 is 5.32 Å².